The van der Waals surface area contributed by atoms with Crippen LogP contribution < -0.4 is 51.4 Å². The quantitative estimate of drug-likeness (QED) is 0.123. The van der Waals surface area contributed by atoms with Crippen molar-refractivity contribution in [3.63, 3.8) is 0 Å². The Morgan fingerprint density at radius 2 is 1.06 bits per heavy atom. The second-order valence-corrected chi connectivity index (χ2v) is 3.67. The topological polar surface area (TPSA) is 185 Å². The Kier molecular flexibility index (Phi) is 19.9. The van der Waals surface area contributed by atoms with E-state index in [4.69, 9.17) is 22.4 Å². The molecule has 16 heavy (non-hydrogen) atoms. The van der Waals surface area contributed by atoms with Gasteiger partial charge in [-0.3, -0.25) is 18.2 Å². The molecule has 0 unspecified atom stereocenters. The fraction of sp³-hybridized carbons (Fsp3) is 0. The van der Waals surface area contributed by atoms with Gasteiger partial charge in [0.2, 0.25) is 0 Å². The van der Waals surface area contributed by atoms with Gasteiger partial charge in [0.25, 0.3) is 11.4 Å². The van der Waals surface area contributed by atoms with Gasteiger partial charge in [0.15, 0.2) is 0 Å². The van der Waals surface area contributed by atoms with Crippen LogP contribution in [0.5, 0.6) is 0 Å². The molecule has 0 aromatic rings. The molecule has 0 fully saturated rings. The van der Waals surface area contributed by atoms with Crippen molar-refractivity contribution in [3.8, 4) is 0 Å². The molecule has 0 aliphatic rings. The van der Waals surface area contributed by atoms with Gasteiger partial charge in [0.1, 0.15) is 0 Å². The molecular weight excluding hydrogens is 367 g/mol. The van der Waals surface area contributed by atoms with Crippen molar-refractivity contribution < 1.29 is 118 Å². The zero-order valence-corrected chi connectivity index (χ0v) is 13.9. The maximum Gasteiger partial charge on any atom is 1.00 e. The first kappa shape index (κ1) is 26.5. The Morgan fingerprint density at radius 3 is 1.12 bits per heavy atom. The second-order valence-electron chi connectivity index (χ2n) is 1.22. The first-order valence-electron chi connectivity index (χ1n) is 2.06. The molecule has 0 spiro atoms. The summed E-state index contributed by atoms with van der Waals surface area (Å²) in [5.41, 5.74) is 0. The predicted octanol–water partition coefficient (Wildman–Crippen LogP) is -4.66. The first-order chi connectivity index (χ1) is 5.94. The van der Waals surface area contributed by atoms with E-state index in [2.05, 4.69) is 8.67 Å². The molecule has 0 saturated heterocycles. The molecule has 0 aromatic heterocycles. The molecule has 0 saturated carbocycles. The molecule has 0 atom stereocenters. The first-order valence-corrected chi connectivity index (χ1v) is 5.86. The van der Waals surface area contributed by atoms with E-state index in [0.717, 1.165) is 0 Å². The van der Waals surface area contributed by atoms with Crippen LogP contribution in [0.15, 0.2) is 0 Å². The van der Waals surface area contributed by atoms with E-state index >= 15 is 0 Å². The molecule has 0 heterocycles. The minimum absolute atomic E-state index is 0. The summed E-state index contributed by atoms with van der Waals surface area (Å²) < 4.78 is 81.7. The molecular formula is H5FeKO11S3. The van der Waals surface area contributed by atoms with E-state index in [1.165, 1.54) is 0 Å². The Morgan fingerprint density at radius 1 is 0.938 bits per heavy atom. The minimum atomic E-state index is -5.02. The van der Waals surface area contributed by atoms with Crippen molar-refractivity contribution in [1.29, 1.82) is 0 Å². The maximum atomic E-state index is 9.51. The van der Waals surface area contributed by atoms with Crippen LogP contribution >= 0.6 is 0 Å². The second kappa shape index (κ2) is 12.0. The van der Waals surface area contributed by atoms with E-state index in [1.54, 1.807) is 0 Å². The molecule has 0 bridgehead atoms. The van der Waals surface area contributed by atoms with Crippen LogP contribution in [0.4, 0.5) is 0 Å². The van der Waals surface area contributed by atoms with E-state index in [9.17, 15) is 16.8 Å². The molecule has 16 heteroatoms. The van der Waals surface area contributed by atoms with Crippen molar-refractivity contribution in [1.82, 2.24) is 0 Å². The molecule has 0 rings (SSSR count). The summed E-state index contributed by atoms with van der Waals surface area (Å²) in [5.74, 6) is 0. The molecule has 0 aliphatic heterocycles. The normalized spacial score (nSPS) is 10.6. The Bertz CT molecular complexity index is 334. The number of hydrogen-bond acceptors (Lipinski definition) is 7. The average molecular weight is 372 g/mol. The fourth-order valence-corrected chi connectivity index (χ4v) is 0.632. The van der Waals surface area contributed by atoms with Crippen molar-refractivity contribution >= 4 is 32.2 Å². The third-order valence-corrected chi connectivity index (χ3v) is 0.766. The third-order valence-electron chi connectivity index (χ3n) is 0.200. The summed E-state index contributed by atoms with van der Waals surface area (Å²) in [6, 6.07) is 0. The van der Waals surface area contributed by atoms with Gasteiger partial charge in [0, 0.05) is 17.1 Å². The van der Waals surface area contributed by atoms with Gasteiger partial charge in [0.05, 0.1) is 0 Å². The van der Waals surface area contributed by atoms with Gasteiger partial charge in [-0.1, -0.05) is 8.67 Å². The van der Waals surface area contributed by atoms with Crippen LogP contribution in [0, 0.1) is 0 Å². The molecule has 11 nitrogen and oxygen atoms in total. The Hall–Kier alpha value is 1.97. The molecule has 0 aliphatic carbocycles. The average Bonchev–Trinajstić information content (AvgIpc) is 1.79. The van der Waals surface area contributed by atoms with E-state index in [-0.39, 0.29) is 69.9 Å². The van der Waals surface area contributed by atoms with Crippen molar-refractivity contribution in [2.45, 2.75) is 0 Å². The third kappa shape index (κ3) is 44.5. The molecule has 0 aromatic carbocycles. The van der Waals surface area contributed by atoms with Crippen LogP contribution in [-0.4, -0.2) is 39.3 Å². The predicted molar refractivity (Wildman–Crippen MR) is 39.8 cm³/mol. The summed E-state index contributed by atoms with van der Waals surface area (Å²) in [7, 11) is -10.0. The summed E-state index contributed by atoms with van der Waals surface area (Å²) >= 11 is -2.61. The fourth-order valence-electron chi connectivity index (χ4n) is 0.0702. The Labute approximate surface area is 148 Å². The van der Waals surface area contributed by atoms with Crippen molar-refractivity contribution in [2.75, 3.05) is 0 Å². The van der Waals surface area contributed by atoms with Crippen LogP contribution in [0.2, 0.25) is 0 Å². The van der Waals surface area contributed by atoms with E-state index < -0.39 is 32.2 Å². The largest absolute Gasteiger partial charge is 1.00 e. The summed E-state index contributed by atoms with van der Waals surface area (Å²) in [5, 5.41) is 0. The zero-order valence-electron chi connectivity index (χ0n) is 8.22. The van der Waals surface area contributed by atoms with Crippen LogP contribution in [-0.2, 0) is 57.9 Å². The maximum absolute atomic E-state index is 9.51. The minimum Gasteiger partial charge on any atom is -1.00 e. The van der Waals surface area contributed by atoms with Gasteiger partial charge in [-0.05, 0) is 0 Å². The number of hydrogen-bond donors (Lipinski definition) is 4. The van der Waals surface area contributed by atoms with Gasteiger partial charge in [-0.25, -0.2) is 0 Å². The van der Waals surface area contributed by atoms with Gasteiger partial charge in [-0.2, -0.15) is 21.0 Å². The van der Waals surface area contributed by atoms with Crippen molar-refractivity contribution in [3.05, 3.63) is 0 Å². The zero-order chi connectivity index (χ0) is 12.0. The Balaban J connectivity index is -0.0000000607. The summed E-state index contributed by atoms with van der Waals surface area (Å²) in [6.07, 6.45) is 0. The van der Waals surface area contributed by atoms with E-state index in [0.29, 0.717) is 0 Å². The molecule has 0 amide bonds. The summed E-state index contributed by atoms with van der Waals surface area (Å²) in [6.45, 7) is 0. The van der Waals surface area contributed by atoms with Crippen LogP contribution in [0.25, 0.3) is 0 Å². The molecule has 4 N–H and O–H groups in total. The SMILES string of the molecule is O=S(=O)(O)OOS(=O)(=O)O.O=S(O)O.[Fe].[H-].[K+]. The van der Waals surface area contributed by atoms with Gasteiger partial charge < -0.3 is 1.43 Å². The van der Waals surface area contributed by atoms with Crippen LogP contribution in [0.3, 0.4) is 0 Å². The molecule has 98 valence electrons. The van der Waals surface area contributed by atoms with Gasteiger partial charge in [-0.15, -0.1) is 0 Å². The van der Waals surface area contributed by atoms with Gasteiger partial charge >= 0.3 is 72.2 Å². The standard InChI is InChI=1S/Fe.K.H2O8S2.H2O3S.H/c;;1-9(2,3)7-8-10(4,5)6;1-4(2)3;/h;;(H,1,2,3)(H,4,5,6);(H2,1,2,3);/q;+1;;;-1. The monoisotopic (exact) mass is 372 g/mol. The van der Waals surface area contributed by atoms with Crippen molar-refractivity contribution in [2.24, 2.45) is 0 Å². The number of rotatable bonds is 3. The summed E-state index contributed by atoms with van der Waals surface area (Å²) in [4.78, 5) is 0. The smallest absolute Gasteiger partial charge is 1.00 e. The molecule has 0 radical (unpaired) electrons. The van der Waals surface area contributed by atoms with Crippen LogP contribution in [0.1, 0.15) is 1.43 Å². The van der Waals surface area contributed by atoms with E-state index in [1.807, 2.05) is 0 Å².